The lowest BCUT2D eigenvalue weighted by atomic mass is 9.90. The Labute approximate surface area is 125 Å². The molecular formula is C18H21NO2. The number of benzene rings is 1. The van der Waals surface area contributed by atoms with E-state index in [1.165, 1.54) is 7.11 Å². The smallest absolute Gasteiger partial charge is 0.224 e. The van der Waals surface area contributed by atoms with Crippen molar-refractivity contribution in [1.82, 2.24) is 4.98 Å². The largest absolute Gasteiger partial charge is 0.491 e. The Balaban J connectivity index is 2.45. The van der Waals surface area contributed by atoms with Crippen molar-refractivity contribution in [1.29, 1.82) is 0 Å². The van der Waals surface area contributed by atoms with Gasteiger partial charge in [-0.05, 0) is 11.6 Å². The number of hydrogen-bond donors (Lipinski definition) is 1. The lowest BCUT2D eigenvalue weighted by molar-refractivity contribution is 0.388. The van der Waals surface area contributed by atoms with E-state index in [-0.39, 0.29) is 10.8 Å². The second kappa shape index (κ2) is 6.00. The molecule has 21 heavy (non-hydrogen) atoms. The normalized spacial score (nSPS) is 11.8. The van der Waals surface area contributed by atoms with E-state index in [2.05, 4.69) is 4.98 Å². The summed E-state index contributed by atoms with van der Waals surface area (Å²) in [6.07, 6.45) is 3.88. The number of rotatable bonds is 3. The molecule has 0 atom stereocenters. The van der Waals surface area contributed by atoms with Crippen LogP contribution in [0, 0.1) is 0 Å². The fraction of sp³-hybridized carbons (Fsp3) is 0.278. The lowest BCUT2D eigenvalue weighted by Crippen LogP contribution is -2.21. The quantitative estimate of drug-likeness (QED) is 0.929. The van der Waals surface area contributed by atoms with Crippen molar-refractivity contribution in [3.63, 3.8) is 0 Å². The number of pyridine rings is 1. The lowest BCUT2D eigenvalue weighted by Gasteiger charge is -2.21. The van der Waals surface area contributed by atoms with Crippen molar-refractivity contribution in [3.8, 4) is 5.75 Å². The summed E-state index contributed by atoms with van der Waals surface area (Å²) in [4.78, 5) is 15.5. The number of aromatic nitrogens is 1. The van der Waals surface area contributed by atoms with E-state index in [0.717, 1.165) is 17.0 Å². The standard InChI is InChI=1S/C18H21NO2/c1-18(2,3)17-16(21-4)15(20)12-14(19-17)11-10-13-8-6-5-7-9-13/h5-12H,1-4H3,(H,19,20)/b11-10+. The third-order valence-corrected chi connectivity index (χ3v) is 3.22. The van der Waals surface area contributed by atoms with Gasteiger partial charge in [0.1, 0.15) is 0 Å². The first kappa shape index (κ1) is 15.1. The monoisotopic (exact) mass is 283 g/mol. The fourth-order valence-electron chi connectivity index (χ4n) is 2.14. The molecule has 1 aromatic carbocycles. The van der Waals surface area contributed by atoms with Gasteiger partial charge in [0.25, 0.3) is 0 Å². The molecule has 0 unspecified atom stereocenters. The van der Waals surface area contributed by atoms with E-state index in [1.54, 1.807) is 6.07 Å². The number of aromatic amines is 1. The number of hydrogen-bond acceptors (Lipinski definition) is 2. The van der Waals surface area contributed by atoms with Gasteiger partial charge in [0.05, 0.1) is 12.8 Å². The van der Waals surface area contributed by atoms with Gasteiger partial charge in [-0.15, -0.1) is 0 Å². The van der Waals surface area contributed by atoms with Crippen molar-refractivity contribution in [2.75, 3.05) is 7.11 Å². The number of methoxy groups -OCH3 is 1. The molecule has 0 aliphatic rings. The molecule has 3 heteroatoms. The first-order chi connectivity index (χ1) is 9.91. The van der Waals surface area contributed by atoms with Crippen LogP contribution in [0.15, 0.2) is 41.2 Å². The van der Waals surface area contributed by atoms with Crippen LogP contribution in [0.4, 0.5) is 0 Å². The molecule has 0 saturated heterocycles. The fourth-order valence-corrected chi connectivity index (χ4v) is 2.14. The van der Waals surface area contributed by atoms with Crippen molar-refractivity contribution in [3.05, 3.63) is 63.6 Å². The zero-order valence-electron chi connectivity index (χ0n) is 12.9. The van der Waals surface area contributed by atoms with Gasteiger partial charge in [-0.3, -0.25) is 4.79 Å². The Bertz CT molecular complexity index is 691. The van der Waals surface area contributed by atoms with Crippen molar-refractivity contribution in [2.45, 2.75) is 26.2 Å². The number of H-pyrrole nitrogens is 1. The van der Waals surface area contributed by atoms with E-state index in [1.807, 2.05) is 63.3 Å². The van der Waals surface area contributed by atoms with Crippen LogP contribution in [0.3, 0.4) is 0 Å². The molecule has 1 aromatic heterocycles. The van der Waals surface area contributed by atoms with Gasteiger partial charge in [-0.1, -0.05) is 57.2 Å². The molecule has 0 spiro atoms. The van der Waals surface area contributed by atoms with Gasteiger partial charge in [-0.25, -0.2) is 0 Å². The van der Waals surface area contributed by atoms with Gasteiger partial charge in [0.2, 0.25) is 5.43 Å². The van der Waals surface area contributed by atoms with Gasteiger partial charge < -0.3 is 9.72 Å². The molecule has 0 radical (unpaired) electrons. The van der Waals surface area contributed by atoms with Crippen molar-refractivity contribution >= 4 is 12.2 Å². The Kier molecular flexibility index (Phi) is 4.32. The molecule has 1 heterocycles. The second-order valence-electron chi connectivity index (χ2n) is 5.99. The summed E-state index contributed by atoms with van der Waals surface area (Å²) in [7, 11) is 1.53. The van der Waals surface area contributed by atoms with Crippen molar-refractivity contribution in [2.24, 2.45) is 0 Å². The van der Waals surface area contributed by atoms with Gasteiger partial charge in [0.15, 0.2) is 5.75 Å². The zero-order valence-corrected chi connectivity index (χ0v) is 12.9. The highest BCUT2D eigenvalue weighted by molar-refractivity contribution is 5.68. The summed E-state index contributed by atoms with van der Waals surface area (Å²) in [5.74, 6) is 0.388. The first-order valence-corrected chi connectivity index (χ1v) is 6.97. The summed E-state index contributed by atoms with van der Waals surface area (Å²) >= 11 is 0. The molecule has 0 amide bonds. The Hall–Kier alpha value is -2.29. The van der Waals surface area contributed by atoms with E-state index >= 15 is 0 Å². The molecule has 3 nitrogen and oxygen atoms in total. The van der Waals surface area contributed by atoms with Gasteiger partial charge in [-0.2, -0.15) is 0 Å². The highest BCUT2D eigenvalue weighted by Gasteiger charge is 2.22. The minimum Gasteiger partial charge on any atom is -0.491 e. The third-order valence-electron chi connectivity index (χ3n) is 3.22. The van der Waals surface area contributed by atoms with E-state index in [9.17, 15) is 4.79 Å². The van der Waals surface area contributed by atoms with Crippen LogP contribution in [0.5, 0.6) is 5.75 Å². The van der Waals surface area contributed by atoms with Crippen LogP contribution >= 0.6 is 0 Å². The Morgan fingerprint density at radius 1 is 1.10 bits per heavy atom. The Morgan fingerprint density at radius 2 is 1.76 bits per heavy atom. The molecule has 0 fully saturated rings. The van der Waals surface area contributed by atoms with Crippen LogP contribution in [0.2, 0.25) is 0 Å². The second-order valence-corrected chi connectivity index (χ2v) is 5.99. The first-order valence-electron chi connectivity index (χ1n) is 6.97. The zero-order chi connectivity index (χ0) is 15.5. The highest BCUT2D eigenvalue weighted by Crippen LogP contribution is 2.27. The van der Waals surface area contributed by atoms with E-state index < -0.39 is 0 Å². The maximum atomic E-state index is 12.2. The molecular weight excluding hydrogens is 262 g/mol. The molecule has 110 valence electrons. The predicted octanol–water partition coefficient (Wildman–Crippen LogP) is 3.85. The van der Waals surface area contributed by atoms with Crippen LogP contribution < -0.4 is 10.2 Å². The average molecular weight is 283 g/mol. The third kappa shape index (κ3) is 3.63. The predicted molar refractivity (Wildman–Crippen MR) is 87.7 cm³/mol. The highest BCUT2D eigenvalue weighted by atomic mass is 16.5. The summed E-state index contributed by atoms with van der Waals surface area (Å²) < 4.78 is 5.25. The van der Waals surface area contributed by atoms with E-state index in [4.69, 9.17) is 4.74 Å². The molecule has 0 aliphatic carbocycles. The Morgan fingerprint density at radius 3 is 2.33 bits per heavy atom. The SMILES string of the molecule is COc1c(C(C)(C)C)[nH]c(/C=C/c2ccccc2)cc1=O. The van der Waals surface area contributed by atoms with Crippen LogP contribution in [-0.2, 0) is 5.41 Å². The maximum Gasteiger partial charge on any atom is 0.224 e. The van der Waals surface area contributed by atoms with Gasteiger partial charge >= 0.3 is 0 Å². The molecule has 0 bridgehead atoms. The van der Waals surface area contributed by atoms with Crippen LogP contribution in [0.1, 0.15) is 37.7 Å². The van der Waals surface area contributed by atoms with Crippen molar-refractivity contribution < 1.29 is 4.74 Å². The summed E-state index contributed by atoms with van der Waals surface area (Å²) in [5, 5.41) is 0. The van der Waals surface area contributed by atoms with E-state index in [0.29, 0.717) is 5.75 Å². The summed E-state index contributed by atoms with van der Waals surface area (Å²) in [6.45, 7) is 6.14. The van der Waals surface area contributed by atoms with Crippen LogP contribution in [-0.4, -0.2) is 12.1 Å². The number of ether oxygens (including phenoxy) is 1. The molecule has 0 aliphatic heterocycles. The minimum absolute atomic E-state index is 0.103. The molecule has 2 rings (SSSR count). The molecule has 1 N–H and O–H groups in total. The van der Waals surface area contributed by atoms with Gasteiger partial charge in [0, 0.05) is 17.2 Å². The molecule has 0 saturated carbocycles. The maximum absolute atomic E-state index is 12.2. The topological polar surface area (TPSA) is 42.1 Å². The number of nitrogens with one attached hydrogen (secondary N) is 1. The summed E-state index contributed by atoms with van der Waals surface area (Å²) in [5.41, 5.74) is 2.38. The minimum atomic E-state index is -0.193. The molecule has 2 aromatic rings. The summed E-state index contributed by atoms with van der Waals surface area (Å²) in [6, 6.07) is 11.5. The average Bonchev–Trinajstić information content (AvgIpc) is 2.44. The van der Waals surface area contributed by atoms with Crippen LogP contribution in [0.25, 0.3) is 12.2 Å².